The zero-order chi connectivity index (χ0) is 12.3. The fourth-order valence-electron chi connectivity index (χ4n) is 1.95. The molecule has 1 heteroatoms. The van der Waals surface area contributed by atoms with Crippen LogP contribution in [0.25, 0.3) is 0 Å². The second-order valence-electron chi connectivity index (χ2n) is 5.40. The van der Waals surface area contributed by atoms with Gasteiger partial charge in [0.1, 0.15) is 0 Å². The van der Waals surface area contributed by atoms with Crippen LogP contribution in [0.1, 0.15) is 41.5 Å². The van der Waals surface area contributed by atoms with Gasteiger partial charge in [-0.05, 0) is 42.9 Å². The Balaban J connectivity index is 3.10. The molecule has 90 valence electrons. The van der Waals surface area contributed by atoms with Crippen molar-refractivity contribution < 1.29 is 0 Å². The Morgan fingerprint density at radius 1 is 0.875 bits per heavy atom. The van der Waals surface area contributed by atoms with Crippen LogP contribution in [0.2, 0.25) is 0 Å². The Labute approximate surface area is 101 Å². The van der Waals surface area contributed by atoms with Gasteiger partial charge in [0.25, 0.3) is 0 Å². The lowest BCUT2D eigenvalue weighted by Crippen LogP contribution is -2.20. The summed E-state index contributed by atoms with van der Waals surface area (Å²) in [5.41, 5.74) is 2.93. The first-order valence-electron chi connectivity index (χ1n) is 6.31. The third-order valence-corrected chi connectivity index (χ3v) is 3.00. The second kappa shape index (κ2) is 5.38. The fourth-order valence-corrected chi connectivity index (χ4v) is 1.95. The first kappa shape index (κ1) is 13.1. The first-order valence-corrected chi connectivity index (χ1v) is 6.31. The van der Waals surface area contributed by atoms with Crippen LogP contribution in [-0.2, 0) is 0 Å². The molecule has 0 atom stereocenters. The predicted molar refractivity (Wildman–Crippen MR) is 72.0 cm³/mol. The van der Waals surface area contributed by atoms with Gasteiger partial charge in [-0.1, -0.05) is 33.8 Å². The molecule has 0 aliphatic carbocycles. The molecule has 16 heavy (non-hydrogen) atoms. The number of hydrogen-bond acceptors (Lipinski definition) is 1. The summed E-state index contributed by atoms with van der Waals surface area (Å²) in [6.07, 6.45) is 8.91. The van der Waals surface area contributed by atoms with Crippen molar-refractivity contribution in [2.45, 2.75) is 47.6 Å². The minimum Gasteiger partial charge on any atom is -0.352 e. The van der Waals surface area contributed by atoms with E-state index < -0.39 is 0 Å². The van der Waals surface area contributed by atoms with E-state index in [9.17, 15) is 0 Å². The van der Waals surface area contributed by atoms with Crippen molar-refractivity contribution in [1.29, 1.82) is 0 Å². The molecule has 0 bridgehead atoms. The van der Waals surface area contributed by atoms with E-state index in [2.05, 4.69) is 71.0 Å². The summed E-state index contributed by atoms with van der Waals surface area (Å²) in [6, 6.07) is 0.518. The van der Waals surface area contributed by atoms with Gasteiger partial charge in [-0.15, -0.1) is 0 Å². The van der Waals surface area contributed by atoms with Crippen molar-refractivity contribution in [1.82, 2.24) is 4.90 Å². The van der Waals surface area contributed by atoms with E-state index in [0.29, 0.717) is 17.9 Å². The van der Waals surface area contributed by atoms with Crippen LogP contribution in [0.3, 0.4) is 0 Å². The maximum Gasteiger partial charge on any atom is 0.0274 e. The normalized spacial score (nSPS) is 16.9. The largest absolute Gasteiger partial charge is 0.352 e. The summed E-state index contributed by atoms with van der Waals surface area (Å²) in [5.74, 6) is 1.17. The zero-order valence-electron chi connectivity index (χ0n) is 11.5. The molecule has 0 spiro atoms. The van der Waals surface area contributed by atoms with Crippen LogP contribution in [0.15, 0.2) is 35.7 Å². The zero-order valence-corrected chi connectivity index (χ0v) is 11.5. The van der Waals surface area contributed by atoms with E-state index in [1.165, 1.54) is 11.1 Å². The number of nitrogens with zero attached hydrogens (tertiary/aromatic N) is 1. The second-order valence-corrected chi connectivity index (χ2v) is 5.40. The van der Waals surface area contributed by atoms with E-state index in [0.717, 1.165) is 0 Å². The number of rotatable bonds is 3. The Hall–Kier alpha value is -0.980. The topological polar surface area (TPSA) is 3.24 Å². The van der Waals surface area contributed by atoms with E-state index in [4.69, 9.17) is 0 Å². The molecular weight excluding hydrogens is 194 g/mol. The molecule has 0 unspecified atom stereocenters. The van der Waals surface area contributed by atoms with Crippen LogP contribution in [0.4, 0.5) is 0 Å². The van der Waals surface area contributed by atoms with Crippen molar-refractivity contribution in [3.63, 3.8) is 0 Å². The third-order valence-electron chi connectivity index (χ3n) is 3.00. The van der Waals surface area contributed by atoms with Crippen LogP contribution >= 0.6 is 0 Å². The Morgan fingerprint density at radius 2 is 1.44 bits per heavy atom. The van der Waals surface area contributed by atoms with Crippen LogP contribution in [-0.4, -0.2) is 10.9 Å². The molecule has 0 saturated heterocycles. The van der Waals surface area contributed by atoms with E-state index in [1.54, 1.807) is 0 Å². The molecule has 0 radical (unpaired) electrons. The lowest BCUT2D eigenvalue weighted by molar-refractivity contribution is 0.411. The minimum atomic E-state index is 0.518. The van der Waals surface area contributed by atoms with Crippen molar-refractivity contribution in [2.24, 2.45) is 11.8 Å². The van der Waals surface area contributed by atoms with Gasteiger partial charge < -0.3 is 4.90 Å². The van der Waals surface area contributed by atoms with Crippen LogP contribution in [0.5, 0.6) is 0 Å². The third kappa shape index (κ3) is 3.01. The molecule has 0 fully saturated rings. The maximum atomic E-state index is 2.31. The molecule has 1 aliphatic heterocycles. The van der Waals surface area contributed by atoms with Crippen LogP contribution in [0, 0.1) is 11.8 Å². The lowest BCUT2D eigenvalue weighted by atomic mass is 9.88. The van der Waals surface area contributed by atoms with E-state index in [1.807, 2.05) is 0 Å². The highest BCUT2D eigenvalue weighted by atomic mass is 15.1. The standard InChI is InChI=1S/C15H25N/c1-11(2)14-8-7-9-16(13(5)6)10-15(14)12(3)4/h7-13H,1-6H3. The van der Waals surface area contributed by atoms with Gasteiger partial charge in [0.05, 0.1) is 0 Å². The van der Waals surface area contributed by atoms with Gasteiger partial charge >= 0.3 is 0 Å². The summed E-state index contributed by atoms with van der Waals surface area (Å²) in [6.45, 7) is 13.5. The molecule has 0 aromatic heterocycles. The molecule has 1 rings (SSSR count). The van der Waals surface area contributed by atoms with Gasteiger partial charge in [0, 0.05) is 18.4 Å². The first-order chi connectivity index (χ1) is 7.43. The molecule has 1 heterocycles. The average molecular weight is 219 g/mol. The molecule has 0 saturated carbocycles. The molecular formula is C15H25N. The average Bonchev–Trinajstić information content (AvgIpc) is 2.38. The monoisotopic (exact) mass is 219 g/mol. The number of allylic oxidation sites excluding steroid dienone is 4. The predicted octanol–water partition coefficient (Wildman–Crippen LogP) is 4.35. The Morgan fingerprint density at radius 3 is 1.88 bits per heavy atom. The molecule has 0 N–H and O–H groups in total. The molecule has 0 aromatic rings. The molecule has 1 aliphatic rings. The smallest absolute Gasteiger partial charge is 0.0274 e. The summed E-state index contributed by atoms with van der Waals surface area (Å²) in [7, 11) is 0. The van der Waals surface area contributed by atoms with Gasteiger partial charge in [-0.3, -0.25) is 0 Å². The fraction of sp³-hybridized carbons (Fsp3) is 0.600. The van der Waals surface area contributed by atoms with Gasteiger partial charge in [0.2, 0.25) is 0 Å². The van der Waals surface area contributed by atoms with E-state index in [-0.39, 0.29) is 0 Å². The Bertz CT molecular complexity index is 316. The summed E-state index contributed by atoms with van der Waals surface area (Å²) in [4.78, 5) is 2.29. The minimum absolute atomic E-state index is 0.518. The maximum absolute atomic E-state index is 2.31. The highest BCUT2D eigenvalue weighted by Crippen LogP contribution is 2.28. The van der Waals surface area contributed by atoms with Crippen molar-refractivity contribution in [3.8, 4) is 0 Å². The van der Waals surface area contributed by atoms with Crippen molar-refractivity contribution in [3.05, 3.63) is 35.7 Å². The summed E-state index contributed by atoms with van der Waals surface area (Å²) >= 11 is 0. The quantitative estimate of drug-likeness (QED) is 0.682. The van der Waals surface area contributed by atoms with Gasteiger partial charge in [0.15, 0.2) is 0 Å². The highest BCUT2D eigenvalue weighted by Gasteiger charge is 2.16. The van der Waals surface area contributed by atoms with Crippen molar-refractivity contribution in [2.75, 3.05) is 0 Å². The lowest BCUT2D eigenvalue weighted by Gasteiger charge is -2.24. The van der Waals surface area contributed by atoms with Crippen LogP contribution < -0.4 is 0 Å². The van der Waals surface area contributed by atoms with Gasteiger partial charge in [-0.25, -0.2) is 0 Å². The number of hydrogen-bond donors (Lipinski definition) is 0. The molecule has 0 aromatic carbocycles. The summed E-state index contributed by atoms with van der Waals surface area (Å²) in [5, 5.41) is 0. The molecule has 1 nitrogen and oxygen atoms in total. The Kier molecular flexibility index (Phi) is 4.40. The summed E-state index contributed by atoms with van der Waals surface area (Å²) < 4.78 is 0. The SMILES string of the molecule is CC(C)C1=CC=CN(C(C)C)C=C1C(C)C. The van der Waals surface area contributed by atoms with Gasteiger partial charge in [-0.2, -0.15) is 0 Å². The van der Waals surface area contributed by atoms with Crippen molar-refractivity contribution >= 4 is 0 Å². The molecule has 0 amide bonds. The highest BCUT2D eigenvalue weighted by molar-refractivity contribution is 5.38. The van der Waals surface area contributed by atoms with E-state index >= 15 is 0 Å².